The van der Waals surface area contributed by atoms with Gasteiger partial charge < -0.3 is 0 Å². The number of benzene rings is 3. The Morgan fingerprint density at radius 1 is 0.857 bits per heavy atom. The molecule has 5 nitrogen and oxygen atoms in total. The van der Waals surface area contributed by atoms with E-state index in [1.165, 1.54) is 0 Å². The zero-order chi connectivity index (χ0) is 20.1. The first-order chi connectivity index (χ1) is 13.4. The van der Waals surface area contributed by atoms with Gasteiger partial charge in [-0.15, -0.1) is 0 Å². The molecular weight excluding hydrogens is 489 g/mol. The fourth-order valence-electron chi connectivity index (χ4n) is 2.35. The standard InChI is InChI=1S/C21H18INO4S/c1-16-3-13-21(14-4-16)28(24,25)27-22(18-7-5-17(15-23)6-8-18)19-9-11-20(26-2)12-10-19/h3-14H,1-2H3. The molecule has 3 rings (SSSR count). The van der Waals surface area contributed by atoms with Crippen LogP contribution in [0.4, 0.5) is 0 Å². The van der Waals surface area contributed by atoms with E-state index in [-0.39, 0.29) is 4.90 Å². The SMILES string of the molecule is COc1ccc(I(OS(=O)(=O)c2ccc(C)cc2)c2ccc(C#N)cc2)cc1. The molecule has 0 unspecified atom stereocenters. The minimum atomic E-state index is -3.93. The van der Waals surface area contributed by atoms with Gasteiger partial charge in [0.15, 0.2) is 0 Å². The van der Waals surface area contributed by atoms with E-state index in [1.807, 2.05) is 19.1 Å². The van der Waals surface area contributed by atoms with Gasteiger partial charge in [-0.25, -0.2) is 0 Å². The molecule has 0 N–H and O–H groups in total. The summed E-state index contributed by atoms with van der Waals surface area (Å²) in [5.41, 5.74) is 1.48. The van der Waals surface area contributed by atoms with E-state index in [0.29, 0.717) is 11.3 Å². The maximum atomic E-state index is 12.9. The van der Waals surface area contributed by atoms with Crippen LogP contribution in [0, 0.1) is 25.4 Å². The molecule has 0 spiro atoms. The van der Waals surface area contributed by atoms with Gasteiger partial charge >= 0.3 is 173 Å². The predicted octanol–water partition coefficient (Wildman–Crippen LogP) is 4.74. The molecular formula is C21H18INO4S. The third-order valence-electron chi connectivity index (χ3n) is 3.87. The molecule has 3 aromatic carbocycles. The molecule has 7 heteroatoms. The normalized spacial score (nSPS) is 11.5. The van der Waals surface area contributed by atoms with Gasteiger partial charge in [-0.2, -0.15) is 0 Å². The molecule has 0 radical (unpaired) electrons. The van der Waals surface area contributed by atoms with E-state index < -0.39 is 30.4 Å². The first kappa shape index (κ1) is 20.3. The molecule has 0 aliphatic rings. The fourth-order valence-corrected chi connectivity index (χ4v) is 9.23. The quantitative estimate of drug-likeness (QED) is 0.451. The van der Waals surface area contributed by atoms with Crippen LogP contribution in [0.15, 0.2) is 77.7 Å². The summed E-state index contributed by atoms with van der Waals surface area (Å²) >= 11 is -2.79. The van der Waals surface area contributed by atoms with Crippen molar-refractivity contribution in [3.05, 3.63) is 91.1 Å². The molecule has 3 aromatic rings. The van der Waals surface area contributed by atoms with Gasteiger partial charge in [0.25, 0.3) is 0 Å². The van der Waals surface area contributed by atoms with Crippen molar-refractivity contribution in [2.24, 2.45) is 0 Å². The maximum absolute atomic E-state index is 12.9. The molecule has 0 aliphatic heterocycles. The van der Waals surface area contributed by atoms with Crippen molar-refractivity contribution in [3.63, 3.8) is 0 Å². The third-order valence-corrected chi connectivity index (χ3v) is 11.2. The van der Waals surface area contributed by atoms with Gasteiger partial charge in [-0.3, -0.25) is 0 Å². The zero-order valence-corrected chi connectivity index (χ0v) is 18.3. The number of halogens is 1. The summed E-state index contributed by atoms with van der Waals surface area (Å²) in [5, 5.41) is 9.02. The number of nitrogens with zero attached hydrogens (tertiary/aromatic N) is 1. The van der Waals surface area contributed by atoms with E-state index in [1.54, 1.807) is 67.8 Å². The molecule has 0 heterocycles. The average Bonchev–Trinajstić information content (AvgIpc) is 2.72. The Kier molecular flexibility index (Phi) is 6.34. The van der Waals surface area contributed by atoms with Crippen LogP contribution < -0.4 is 4.74 Å². The topological polar surface area (TPSA) is 76.4 Å². The first-order valence-electron chi connectivity index (χ1n) is 8.29. The molecule has 144 valence electrons. The fraction of sp³-hybridized carbons (Fsp3) is 0.0952. The number of aryl methyl sites for hydroxylation is 1. The number of methoxy groups -OCH3 is 1. The molecule has 0 amide bonds. The second kappa shape index (κ2) is 8.73. The van der Waals surface area contributed by atoms with E-state index >= 15 is 0 Å². The summed E-state index contributed by atoms with van der Waals surface area (Å²) in [5.74, 6) is 0.681. The number of rotatable bonds is 6. The van der Waals surface area contributed by atoms with Crippen LogP contribution in [0.5, 0.6) is 5.75 Å². The molecule has 0 aromatic heterocycles. The second-order valence-corrected chi connectivity index (χ2v) is 12.4. The van der Waals surface area contributed by atoms with Crippen LogP contribution in [-0.2, 0) is 12.6 Å². The van der Waals surface area contributed by atoms with E-state index in [4.69, 9.17) is 12.5 Å². The molecule has 28 heavy (non-hydrogen) atoms. The number of ether oxygens (including phenoxy) is 1. The minimum absolute atomic E-state index is 0.127. The first-order valence-corrected chi connectivity index (χ1v) is 12.7. The van der Waals surface area contributed by atoms with Gasteiger partial charge in [0.05, 0.1) is 0 Å². The van der Waals surface area contributed by atoms with Gasteiger partial charge in [-0.1, -0.05) is 0 Å². The molecule has 0 atom stereocenters. The second-order valence-electron chi connectivity index (χ2n) is 5.86. The van der Waals surface area contributed by atoms with Gasteiger partial charge in [0.1, 0.15) is 0 Å². The average molecular weight is 507 g/mol. The van der Waals surface area contributed by atoms with E-state index in [2.05, 4.69) is 6.07 Å². The molecule has 0 saturated carbocycles. The number of hydrogen-bond donors (Lipinski definition) is 0. The Balaban J connectivity index is 2.01. The third kappa shape index (κ3) is 4.70. The summed E-state index contributed by atoms with van der Waals surface area (Å²) < 4.78 is 38.3. The van der Waals surface area contributed by atoms with Crippen LogP contribution in [-0.4, -0.2) is 15.5 Å². The number of nitriles is 1. The van der Waals surface area contributed by atoms with Crippen LogP contribution in [0.2, 0.25) is 0 Å². The Hall–Kier alpha value is -2.41. The van der Waals surface area contributed by atoms with Crippen molar-refractivity contribution in [2.75, 3.05) is 7.11 Å². The van der Waals surface area contributed by atoms with Crippen molar-refractivity contribution < 1.29 is 15.7 Å². The van der Waals surface area contributed by atoms with Crippen LogP contribution in [0.1, 0.15) is 11.1 Å². The van der Waals surface area contributed by atoms with Crippen molar-refractivity contribution >= 4 is 30.4 Å². The van der Waals surface area contributed by atoms with Crippen LogP contribution in [0.3, 0.4) is 0 Å². The van der Waals surface area contributed by atoms with E-state index in [9.17, 15) is 8.42 Å². The summed E-state index contributed by atoms with van der Waals surface area (Å²) in [7, 11) is -2.36. The van der Waals surface area contributed by atoms with Crippen LogP contribution in [0.25, 0.3) is 0 Å². The van der Waals surface area contributed by atoms with E-state index in [0.717, 1.165) is 12.7 Å². The van der Waals surface area contributed by atoms with Crippen molar-refractivity contribution in [2.45, 2.75) is 11.8 Å². The van der Waals surface area contributed by atoms with Crippen molar-refractivity contribution in [3.8, 4) is 11.8 Å². The number of hydrogen-bond acceptors (Lipinski definition) is 5. The Morgan fingerprint density at radius 2 is 1.39 bits per heavy atom. The van der Waals surface area contributed by atoms with Gasteiger partial charge in [-0.05, 0) is 0 Å². The van der Waals surface area contributed by atoms with Gasteiger partial charge in [0, 0.05) is 0 Å². The Labute approximate surface area is 172 Å². The predicted molar refractivity (Wildman–Crippen MR) is 115 cm³/mol. The molecule has 0 saturated heterocycles. The molecule has 0 bridgehead atoms. The summed E-state index contributed by atoms with van der Waals surface area (Å²) in [6.07, 6.45) is 0. The summed E-state index contributed by atoms with van der Waals surface area (Å²) in [6.45, 7) is 1.89. The summed E-state index contributed by atoms with van der Waals surface area (Å²) in [6, 6.07) is 22.7. The van der Waals surface area contributed by atoms with Crippen molar-refractivity contribution in [1.29, 1.82) is 5.26 Å². The Morgan fingerprint density at radius 3 is 1.89 bits per heavy atom. The zero-order valence-electron chi connectivity index (χ0n) is 15.3. The summed E-state index contributed by atoms with van der Waals surface area (Å²) in [4.78, 5) is 0.127. The van der Waals surface area contributed by atoms with Gasteiger partial charge in [0.2, 0.25) is 0 Å². The molecule has 0 aliphatic carbocycles. The Bertz CT molecular complexity index is 1090. The monoisotopic (exact) mass is 507 g/mol. The van der Waals surface area contributed by atoms with Crippen LogP contribution >= 0.6 is 20.2 Å². The molecule has 0 fully saturated rings. The van der Waals surface area contributed by atoms with Crippen molar-refractivity contribution in [1.82, 2.24) is 0 Å².